The van der Waals surface area contributed by atoms with Crippen molar-refractivity contribution in [3.05, 3.63) is 10.7 Å². The highest BCUT2D eigenvalue weighted by molar-refractivity contribution is 6.36. The Balaban J connectivity index is 2.92. The number of methoxy groups -OCH3 is 1. The zero-order valence-corrected chi connectivity index (χ0v) is 12.2. The zero-order chi connectivity index (χ0) is 14.8. The number of nitrogens with one attached hydrogen (secondary N) is 1. The summed E-state index contributed by atoms with van der Waals surface area (Å²) in [4.78, 5) is 23.1. The molecule has 0 unspecified atom stereocenters. The summed E-state index contributed by atoms with van der Waals surface area (Å²) in [5.41, 5.74) is -0.591. The van der Waals surface area contributed by atoms with Gasteiger partial charge in [0.05, 0.1) is 7.11 Å². The Morgan fingerprint density at radius 3 is 2.42 bits per heavy atom. The van der Waals surface area contributed by atoms with E-state index < -0.39 is 17.7 Å². The van der Waals surface area contributed by atoms with Crippen molar-refractivity contribution in [3.8, 4) is 0 Å². The van der Waals surface area contributed by atoms with Gasteiger partial charge >= 0.3 is 12.1 Å². The topological polar surface area (TPSA) is 82.4 Å². The Morgan fingerprint density at radius 2 is 1.95 bits per heavy atom. The fourth-order valence-corrected chi connectivity index (χ4v) is 1.58. The molecule has 1 heterocycles. The first kappa shape index (κ1) is 15.3. The maximum absolute atomic E-state index is 11.6. The van der Waals surface area contributed by atoms with E-state index in [1.807, 2.05) is 0 Å². The van der Waals surface area contributed by atoms with E-state index in [-0.39, 0.29) is 16.5 Å². The molecular formula is C11H16ClN3O4. The molecule has 106 valence electrons. The van der Waals surface area contributed by atoms with Gasteiger partial charge in [0.2, 0.25) is 0 Å². The second-order valence-electron chi connectivity index (χ2n) is 4.75. The number of ether oxygens (including phenoxy) is 2. The van der Waals surface area contributed by atoms with E-state index in [1.165, 1.54) is 18.8 Å². The Bertz CT molecular complexity index is 505. The van der Waals surface area contributed by atoms with E-state index in [0.29, 0.717) is 0 Å². The van der Waals surface area contributed by atoms with Crippen LogP contribution in [0.2, 0.25) is 5.02 Å². The molecule has 1 aromatic heterocycles. The van der Waals surface area contributed by atoms with Gasteiger partial charge in [-0.15, -0.1) is 0 Å². The predicted octanol–water partition coefficient (Wildman–Crippen LogP) is 2.21. The molecule has 1 aromatic rings. The maximum atomic E-state index is 11.6. The third kappa shape index (κ3) is 3.85. The first-order valence-corrected chi connectivity index (χ1v) is 5.84. The molecule has 0 saturated carbocycles. The third-order valence-electron chi connectivity index (χ3n) is 1.99. The summed E-state index contributed by atoms with van der Waals surface area (Å²) in [5, 5.41) is 6.30. The average Bonchev–Trinajstić information content (AvgIpc) is 2.50. The van der Waals surface area contributed by atoms with Crippen molar-refractivity contribution >= 4 is 29.5 Å². The fraction of sp³-hybridized carbons (Fsp3) is 0.545. The molecule has 0 spiro atoms. The molecule has 1 rings (SSSR count). The lowest BCUT2D eigenvalue weighted by atomic mass is 10.2. The quantitative estimate of drug-likeness (QED) is 0.844. The molecule has 0 atom stereocenters. The monoisotopic (exact) mass is 289 g/mol. The van der Waals surface area contributed by atoms with Gasteiger partial charge in [0.15, 0.2) is 11.5 Å². The van der Waals surface area contributed by atoms with Gasteiger partial charge in [0.25, 0.3) is 0 Å². The molecule has 7 nitrogen and oxygen atoms in total. The molecule has 0 aliphatic carbocycles. The van der Waals surface area contributed by atoms with E-state index in [1.54, 1.807) is 20.8 Å². The highest BCUT2D eigenvalue weighted by atomic mass is 35.5. The van der Waals surface area contributed by atoms with Gasteiger partial charge in [-0.05, 0) is 20.8 Å². The summed E-state index contributed by atoms with van der Waals surface area (Å²) in [6, 6.07) is 0. The van der Waals surface area contributed by atoms with E-state index >= 15 is 0 Å². The molecular weight excluding hydrogens is 274 g/mol. The molecule has 0 saturated heterocycles. The number of carbonyl (C=O) groups is 2. The molecule has 8 heteroatoms. The van der Waals surface area contributed by atoms with Crippen LogP contribution < -0.4 is 5.32 Å². The van der Waals surface area contributed by atoms with Gasteiger partial charge < -0.3 is 9.47 Å². The minimum Gasteiger partial charge on any atom is -0.464 e. The summed E-state index contributed by atoms with van der Waals surface area (Å²) in [7, 11) is 2.74. The fourth-order valence-electron chi connectivity index (χ4n) is 1.30. The second kappa shape index (κ2) is 5.48. The predicted molar refractivity (Wildman–Crippen MR) is 69.4 cm³/mol. The normalized spacial score (nSPS) is 11.1. The first-order chi connectivity index (χ1) is 8.65. The van der Waals surface area contributed by atoms with Crippen molar-refractivity contribution in [2.24, 2.45) is 7.05 Å². The van der Waals surface area contributed by atoms with Crippen molar-refractivity contribution < 1.29 is 19.1 Å². The second-order valence-corrected chi connectivity index (χ2v) is 5.13. The molecule has 0 aliphatic rings. The van der Waals surface area contributed by atoms with Crippen LogP contribution in [0, 0.1) is 0 Å². The molecule has 0 radical (unpaired) electrons. The number of rotatable bonds is 2. The van der Waals surface area contributed by atoms with Crippen LogP contribution in [-0.2, 0) is 16.5 Å². The van der Waals surface area contributed by atoms with Gasteiger partial charge in [-0.25, -0.2) is 9.59 Å². The van der Waals surface area contributed by atoms with Crippen LogP contribution in [0.1, 0.15) is 31.3 Å². The molecule has 19 heavy (non-hydrogen) atoms. The van der Waals surface area contributed by atoms with Crippen LogP contribution in [-0.4, -0.2) is 34.6 Å². The van der Waals surface area contributed by atoms with E-state index in [9.17, 15) is 9.59 Å². The summed E-state index contributed by atoms with van der Waals surface area (Å²) in [5.74, 6) is -0.601. The van der Waals surface area contributed by atoms with Crippen molar-refractivity contribution in [1.82, 2.24) is 9.78 Å². The number of carbonyl (C=O) groups excluding carboxylic acids is 2. The number of aromatic nitrogens is 2. The molecule has 0 bridgehead atoms. The SMILES string of the molecule is COC(=O)c1c(Cl)c(NC(=O)OC(C)(C)C)nn1C. The number of hydrogen-bond acceptors (Lipinski definition) is 5. The van der Waals surface area contributed by atoms with Crippen LogP contribution in [0.15, 0.2) is 0 Å². The summed E-state index contributed by atoms with van der Waals surface area (Å²) in [6.07, 6.45) is -0.705. The largest absolute Gasteiger partial charge is 0.464 e. The van der Waals surface area contributed by atoms with Gasteiger partial charge in [-0.3, -0.25) is 10.00 Å². The minimum atomic E-state index is -0.705. The van der Waals surface area contributed by atoms with E-state index in [2.05, 4.69) is 15.2 Å². The van der Waals surface area contributed by atoms with E-state index in [4.69, 9.17) is 16.3 Å². The van der Waals surface area contributed by atoms with Crippen molar-refractivity contribution in [2.45, 2.75) is 26.4 Å². The number of halogens is 1. The Kier molecular flexibility index (Phi) is 4.41. The number of hydrogen-bond donors (Lipinski definition) is 1. The minimum absolute atomic E-state index is 0.000194. The van der Waals surface area contributed by atoms with Crippen LogP contribution in [0.5, 0.6) is 0 Å². The first-order valence-electron chi connectivity index (χ1n) is 5.46. The third-order valence-corrected chi connectivity index (χ3v) is 2.35. The zero-order valence-electron chi connectivity index (χ0n) is 11.4. The Hall–Kier alpha value is -1.76. The van der Waals surface area contributed by atoms with Gasteiger partial charge in [-0.2, -0.15) is 5.10 Å². The van der Waals surface area contributed by atoms with Crippen molar-refractivity contribution in [3.63, 3.8) is 0 Å². The van der Waals surface area contributed by atoms with Gasteiger partial charge in [0, 0.05) is 7.05 Å². The van der Waals surface area contributed by atoms with Crippen molar-refractivity contribution in [1.29, 1.82) is 0 Å². The number of amides is 1. The summed E-state index contributed by atoms with van der Waals surface area (Å²) < 4.78 is 10.9. The summed E-state index contributed by atoms with van der Waals surface area (Å²) in [6.45, 7) is 5.19. The lowest BCUT2D eigenvalue weighted by molar-refractivity contribution is 0.0586. The van der Waals surface area contributed by atoms with Crippen LogP contribution in [0.4, 0.5) is 10.6 Å². The molecule has 0 aromatic carbocycles. The lowest BCUT2D eigenvalue weighted by Crippen LogP contribution is -2.27. The molecule has 0 aliphatic heterocycles. The van der Waals surface area contributed by atoms with Crippen molar-refractivity contribution in [2.75, 3.05) is 12.4 Å². The average molecular weight is 290 g/mol. The number of anilines is 1. The standard InChI is InChI=1S/C11H16ClN3O4/c1-11(2,3)19-10(17)13-8-6(12)7(9(16)18-5)15(4)14-8/h1-5H3,(H,13,14,17). The maximum Gasteiger partial charge on any atom is 0.413 e. The molecule has 1 amide bonds. The number of nitrogens with zero attached hydrogens (tertiary/aromatic N) is 2. The Labute approximate surface area is 115 Å². The Morgan fingerprint density at radius 1 is 1.37 bits per heavy atom. The highest BCUT2D eigenvalue weighted by Crippen LogP contribution is 2.25. The lowest BCUT2D eigenvalue weighted by Gasteiger charge is -2.19. The van der Waals surface area contributed by atoms with Gasteiger partial charge in [-0.1, -0.05) is 11.6 Å². The number of esters is 1. The van der Waals surface area contributed by atoms with Crippen LogP contribution in [0.25, 0.3) is 0 Å². The summed E-state index contributed by atoms with van der Waals surface area (Å²) >= 11 is 5.96. The smallest absolute Gasteiger partial charge is 0.413 e. The highest BCUT2D eigenvalue weighted by Gasteiger charge is 2.24. The van der Waals surface area contributed by atoms with Crippen LogP contribution >= 0.6 is 11.6 Å². The molecule has 1 N–H and O–H groups in total. The van der Waals surface area contributed by atoms with Crippen LogP contribution in [0.3, 0.4) is 0 Å². The molecule has 0 fully saturated rings. The number of aryl methyl sites for hydroxylation is 1. The van der Waals surface area contributed by atoms with Gasteiger partial charge in [0.1, 0.15) is 10.6 Å². The van der Waals surface area contributed by atoms with E-state index in [0.717, 1.165) is 0 Å².